The van der Waals surface area contributed by atoms with Crippen LogP contribution in [0.3, 0.4) is 0 Å². The quantitative estimate of drug-likeness (QED) is 0.468. The summed E-state index contributed by atoms with van der Waals surface area (Å²) in [6.45, 7) is 1.19. The zero-order valence-corrected chi connectivity index (χ0v) is 12.9. The van der Waals surface area contributed by atoms with E-state index in [1.54, 1.807) is 18.8 Å². The maximum absolute atomic E-state index is 13.0. The van der Waals surface area contributed by atoms with E-state index in [-0.39, 0.29) is 12.4 Å². The minimum atomic E-state index is -0.934. The first-order chi connectivity index (χ1) is 11.1. The summed E-state index contributed by atoms with van der Waals surface area (Å²) >= 11 is 0. The Hall–Kier alpha value is -2.71. The number of guanidine groups is 1. The third-order valence-electron chi connectivity index (χ3n) is 3.00. The van der Waals surface area contributed by atoms with Crippen LogP contribution in [0, 0.1) is 11.6 Å². The van der Waals surface area contributed by atoms with E-state index in [2.05, 4.69) is 25.7 Å². The number of benzene rings is 1. The van der Waals surface area contributed by atoms with Crippen LogP contribution in [0.5, 0.6) is 5.75 Å². The van der Waals surface area contributed by atoms with Gasteiger partial charge in [-0.05, 0) is 12.1 Å². The molecule has 0 amide bonds. The minimum Gasteiger partial charge on any atom is -0.492 e. The second-order valence-electron chi connectivity index (χ2n) is 4.58. The van der Waals surface area contributed by atoms with Gasteiger partial charge in [0.1, 0.15) is 24.5 Å². The summed E-state index contributed by atoms with van der Waals surface area (Å²) in [5, 5.41) is 10.1. The van der Waals surface area contributed by atoms with E-state index in [1.807, 2.05) is 0 Å². The molecule has 2 aromatic rings. The number of nitrogens with one attached hydrogen (secondary N) is 2. The first-order valence-corrected chi connectivity index (χ1v) is 6.95. The summed E-state index contributed by atoms with van der Waals surface area (Å²) in [5.74, 6) is -0.221. The number of hydrogen-bond donors (Lipinski definition) is 2. The zero-order chi connectivity index (χ0) is 16.7. The maximum Gasteiger partial charge on any atom is 0.191 e. The first-order valence-electron chi connectivity index (χ1n) is 6.95. The zero-order valence-electron chi connectivity index (χ0n) is 12.9. The van der Waals surface area contributed by atoms with E-state index in [1.165, 1.54) is 12.4 Å². The molecule has 0 radical (unpaired) electrons. The average Bonchev–Trinajstić information content (AvgIpc) is 2.95. The lowest BCUT2D eigenvalue weighted by Gasteiger charge is -2.12. The van der Waals surface area contributed by atoms with Gasteiger partial charge in [0, 0.05) is 20.2 Å². The SMILES string of the molecule is CN=C(NCCOc1ccc(F)c(F)c1)NCc1ncnn1C. The van der Waals surface area contributed by atoms with Crippen LogP contribution in [0.2, 0.25) is 0 Å². The normalized spacial score (nSPS) is 11.4. The predicted molar refractivity (Wildman–Crippen MR) is 81.1 cm³/mol. The molecule has 1 heterocycles. The Kier molecular flexibility index (Phi) is 5.84. The molecule has 124 valence electrons. The summed E-state index contributed by atoms with van der Waals surface area (Å²) in [6, 6.07) is 3.41. The van der Waals surface area contributed by atoms with Gasteiger partial charge >= 0.3 is 0 Å². The molecule has 7 nitrogen and oxygen atoms in total. The number of aromatic nitrogens is 3. The van der Waals surface area contributed by atoms with Crippen molar-refractivity contribution in [3.63, 3.8) is 0 Å². The molecule has 1 aromatic carbocycles. The smallest absolute Gasteiger partial charge is 0.191 e. The number of aliphatic imine (C=N–C) groups is 1. The second-order valence-corrected chi connectivity index (χ2v) is 4.58. The van der Waals surface area contributed by atoms with Crippen LogP contribution in [-0.4, -0.2) is 40.9 Å². The number of aryl methyl sites for hydroxylation is 1. The standard InChI is InChI=1S/C14H18F2N6O/c1-17-14(19-8-13-20-9-21-22(13)2)18-5-6-23-10-3-4-11(15)12(16)7-10/h3-4,7,9H,5-6,8H2,1-2H3,(H2,17,18,19). The Morgan fingerprint density at radius 2 is 2.13 bits per heavy atom. The molecular weight excluding hydrogens is 306 g/mol. The number of halogens is 2. The fraction of sp³-hybridized carbons (Fsp3) is 0.357. The lowest BCUT2D eigenvalue weighted by Crippen LogP contribution is -2.39. The van der Waals surface area contributed by atoms with Gasteiger partial charge in [0.2, 0.25) is 0 Å². The fourth-order valence-corrected chi connectivity index (χ4v) is 1.77. The van der Waals surface area contributed by atoms with Crippen molar-refractivity contribution in [3.8, 4) is 5.75 Å². The number of rotatable bonds is 6. The summed E-state index contributed by atoms with van der Waals surface area (Å²) < 4.78 is 32.8. The van der Waals surface area contributed by atoms with Crippen LogP contribution in [0.1, 0.15) is 5.82 Å². The number of nitrogens with zero attached hydrogens (tertiary/aromatic N) is 4. The summed E-state index contributed by atoms with van der Waals surface area (Å²) in [6.07, 6.45) is 1.48. The van der Waals surface area contributed by atoms with E-state index < -0.39 is 11.6 Å². The molecule has 0 bridgehead atoms. The fourth-order valence-electron chi connectivity index (χ4n) is 1.77. The highest BCUT2D eigenvalue weighted by Gasteiger charge is 2.04. The summed E-state index contributed by atoms with van der Waals surface area (Å²) in [7, 11) is 3.44. The Bertz CT molecular complexity index is 673. The van der Waals surface area contributed by atoms with Crippen LogP contribution in [0.25, 0.3) is 0 Å². The van der Waals surface area contributed by atoms with E-state index in [9.17, 15) is 8.78 Å². The van der Waals surface area contributed by atoms with Gasteiger partial charge in [0.25, 0.3) is 0 Å². The predicted octanol–water partition coefficient (Wildman–Crippen LogP) is 0.837. The van der Waals surface area contributed by atoms with Gasteiger partial charge in [-0.15, -0.1) is 0 Å². The van der Waals surface area contributed by atoms with Gasteiger partial charge in [0.05, 0.1) is 13.1 Å². The van der Waals surface area contributed by atoms with Gasteiger partial charge < -0.3 is 15.4 Å². The van der Waals surface area contributed by atoms with Crippen LogP contribution >= 0.6 is 0 Å². The maximum atomic E-state index is 13.0. The Morgan fingerprint density at radius 1 is 1.30 bits per heavy atom. The monoisotopic (exact) mass is 324 g/mol. The van der Waals surface area contributed by atoms with Crippen molar-refractivity contribution in [2.45, 2.75) is 6.54 Å². The van der Waals surface area contributed by atoms with E-state index in [4.69, 9.17) is 4.74 Å². The van der Waals surface area contributed by atoms with Gasteiger partial charge in [-0.3, -0.25) is 9.67 Å². The number of hydrogen-bond acceptors (Lipinski definition) is 4. The van der Waals surface area contributed by atoms with Gasteiger partial charge in [-0.1, -0.05) is 0 Å². The molecule has 1 aromatic heterocycles. The molecule has 2 rings (SSSR count). The molecule has 0 aliphatic heterocycles. The van der Waals surface area contributed by atoms with Crippen LogP contribution in [0.15, 0.2) is 29.5 Å². The molecule has 2 N–H and O–H groups in total. The molecule has 0 spiro atoms. The van der Waals surface area contributed by atoms with Crippen molar-refractivity contribution in [1.82, 2.24) is 25.4 Å². The highest BCUT2D eigenvalue weighted by Crippen LogP contribution is 2.14. The third-order valence-corrected chi connectivity index (χ3v) is 3.00. The highest BCUT2D eigenvalue weighted by molar-refractivity contribution is 5.79. The highest BCUT2D eigenvalue weighted by atomic mass is 19.2. The lowest BCUT2D eigenvalue weighted by molar-refractivity contribution is 0.318. The minimum absolute atomic E-state index is 0.271. The first kappa shape index (κ1) is 16.7. The van der Waals surface area contributed by atoms with Crippen molar-refractivity contribution in [2.24, 2.45) is 12.0 Å². The summed E-state index contributed by atoms with van der Waals surface area (Å²) in [5.41, 5.74) is 0. The van der Waals surface area contributed by atoms with Crippen molar-refractivity contribution in [2.75, 3.05) is 20.2 Å². The molecule has 0 aliphatic rings. The topological polar surface area (TPSA) is 76.4 Å². The van der Waals surface area contributed by atoms with Crippen LogP contribution in [0.4, 0.5) is 8.78 Å². The van der Waals surface area contributed by atoms with Crippen LogP contribution in [-0.2, 0) is 13.6 Å². The average molecular weight is 324 g/mol. The molecule has 0 fully saturated rings. The molecule has 23 heavy (non-hydrogen) atoms. The molecule has 0 saturated carbocycles. The van der Waals surface area contributed by atoms with Gasteiger partial charge in [-0.25, -0.2) is 13.8 Å². The summed E-state index contributed by atoms with van der Waals surface area (Å²) in [4.78, 5) is 8.15. The van der Waals surface area contributed by atoms with E-state index >= 15 is 0 Å². The molecule has 0 aliphatic carbocycles. The Labute approximate surface area is 132 Å². The Balaban J connectivity index is 1.71. The number of ether oxygens (including phenoxy) is 1. The Morgan fingerprint density at radius 3 is 2.78 bits per heavy atom. The van der Waals surface area contributed by atoms with Crippen molar-refractivity contribution in [1.29, 1.82) is 0 Å². The second kappa shape index (κ2) is 8.06. The third kappa shape index (κ3) is 4.90. The van der Waals surface area contributed by atoms with Crippen LogP contribution < -0.4 is 15.4 Å². The molecule has 0 atom stereocenters. The van der Waals surface area contributed by atoms with Crippen molar-refractivity contribution in [3.05, 3.63) is 42.0 Å². The molecule has 0 unspecified atom stereocenters. The van der Waals surface area contributed by atoms with E-state index in [0.29, 0.717) is 19.0 Å². The van der Waals surface area contributed by atoms with E-state index in [0.717, 1.165) is 18.0 Å². The molecular formula is C14H18F2N6O. The molecule has 9 heteroatoms. The lowest BCUT2D eigenvalue weighted by atomic mass is 10.3. The van der Waals surface area contributed by atoms with Crippen molar-refractivity contribution >= 4 is 5.96 Å². The molecule has 0 saturated heterocycles. The largest absolute Gasteiger partial charge is 0.492 e. The van der Waals surface area contributed by atoms with Gasteiger partial charge in [-0.2, -0.15) is 5.10 Å². The van der Waals surface area contributed by atoms with Crippen molar-refractivity contribution < 1.29 is 13.5 Å². The van der Waals surface area contributed by atoms with Gasteiger partial charge in [0.15, 0.2) is 17.6 Å².